The normalized spacial score (nSPS) is 14.7. The Balaban J connectivity index is 1.75. The molecule has 29 heavy (non-hydrogen) atoms. The molecule has 0 atom stereocenters. The second kappa shape index (κ2) is 7.94. The van der Waals surface area contributed by atoms with Crippen LogP contribution in [0.4, 0.5) is 8.78 Å². The topological polar surface area (TPSA) is 53.4 Å². The number of aryl methyl sites for hydroxylation is 1. The number of alkyl halides is 2. The molecule has 0 fully saturated rings. The average Bonchev–Trinajstić information content (AvgIpc) is 3.29. The third-order valence-electron chi connectivity index (χ3n) is 4.77. The molecular formula is C21H20F2N2O3S. The zero-order valence-electron chi connectivity index (χ0n) is 16.1. The number of allylic oxidation sites excluding steroid dienone is 1. The van der Waals surface area contributed by atoms with Gasteiger partial charge in [0.05, 0.1) is 12.0 Å². The molecule has 0 amide bonds. The molecule has 0 N–H and O–H groups in total. The van der Waals surface area contributed by atoms with Crippen molar-refractivity contribution < 1.29 is 18.3 Å². The first-order valence-corrected chi connectivity index (χ1v) is 10.3. The van der Waals surface area contributed by atoms with E-state index >= 15 is 0 Å². The first kappa shape index (κ1) is 19.6. The summed E-state index contributed by atoms with van der Waals surface area (Å²) in [6.07, 6.45) is 3.46. The number of rotatable bonds is 6. The molecule has 8 heteroatoms. The van der Waals surface area contributed by atoms with Gasteiger partial charge in [-0.3, -0.25) is 9.36 Å². The Hall–Kier alpha value is -2.74. The van der Waals surface area contributed by atoms with Crippen LogP contribution >= 0.6 is 11.3 Å². The quantitative estimate of drug-likeness (QED) is 0.568. The highest BCUT2D eigenvalue weighted by Crippen LogP contribution is 2.34. The van der Waals surface area contributed by atoms with Gasteiger partial charge in [0.2, 0.25) is 0 Å². The molecule has 2 aromatic heterocycles. The van der Waals surface area contributed by atoms with Crippen LogP contribution in [-0.4, -0.2) is 22.8 Å². The summed E-state index contributed by atoms with van der Waals surface area (Å²) in [5.74, 6) is 0.919. The maximum absolute atomic E-state index is 12.8. The van der Waals surface area contributed by atoms with E-state index in [1.807, 2.05) is 12.1 Å². The third kappa shape index (κ3) is 3.76. The number of aromatic nitrogens is 2. The summed E-state index contributed by atoms with van der Waals surface area (Å²) in [6.45, 7) is 1.81. The number of halogens is 2. The highest BCUT2D eigenvalue weighted by atomic mass is 32.1. The third-order valence-corrected chi connectivity index (χ3v) is 5.94. The van der Waals surface area contributed by atoms with E-state index in [1.165, 1.54) is 6.07 Å². The first-order chi connectivity index (χ1) is 14.0. The van der Waals surface area contributed by atoms with Gasteiger partial charge in [0.25, 0.3) is 5.56 Å². The highest BCUT2D eigenvalue weighted by Gasteiger charge is 2.22. The second-order valence-electron chi connectivity index (χ2n) is 6.61. The molecule has 4 rings (SSSR count). The van der Waals surface area contributed by atoms with E-state index in [4.69, 9.17) is 9.72 Å². The summed E-state index contributed by atoms with van der Waals surface area (Å²) < 4.78 is 36.9. The van der Waals surface area contributed by atoms with E-state index in [2.05, 4.69) is 11.7 Å². The molecule has 3 heterocycles. The molecule has 0 aliphatic carbocycles. The predicted octanol–water partition coefficient (Wildman–Crippen LogP) is 4.96. The lowest BCUT2D eigenvalue weighted by molar-refractivity contribution is -0.0514. The van der Waals surface area contributed by atoms with Crippen LogP contribution in [0.2, 0.25) is 0 Å². The Bertz CT molecular complexity index is 1150. The van der Waals surface area contributed by atoms with Crippen molar-refractivity contribution in [3.8, 4) is 11.5 Å². The van der Waals surface area contributed by atoms with Crippen LogP contribution in [0.5, 0.6) is 11.5 Å². The first-order valence-electron chi connectivity index (χ1n) is 9.46. The molecule has 152 valence electrons. The van der Waals surface area contributed by atoms with Gasteiger partial charge in [0.1, 0.15) is 10.7 Å². The van der Waals surface area contributed by atoms with Gasteiger partial charge in [0.15, 0.2) is 11.5 Å². The van der Waals surface area contributed by atoms with Gasteiger partial charge >= 0.3 is 6.61 Å². The number of nitrogens with zero attached hydrogens (tertiary/aromatic N) is 2. The number of hydrogen-bond acceptors (Lipinski definition) is 5. The number of benzene rings is 1. The van der Waals surface area contributed by atoms with Crippen LogP contribution in [-0.2, 0) is 13.0 Å². The maximum atomic E-state index is 12.8. The van der Waals surface area contributed by atoms with E-state index in [-0.39, 0.29) is 17.1 Å². The lowest BCUT2D eigenvalue weighted by atomic mass is 10.1. The SMILES string of the molecule is CCOc1cc(/C=C2\CCn3c2nc2sc(CC)cc2c3=O)ccc1OC(F)F. The van der Waals surface area contributed by atoms with E-state index < -0.39 is 6.61 Å². The molecule has 0 spiro atoms. The standard InChI is InChI=1S/C21H20F2N2O3S/c1-3-14-11-15-19(29-14)24-18-13(7-8-25(18)20(15)26)9-12-5-6-16(28-21(22)23)17(10-12)27-4-2/h5-6,9-11,21H,3-4,7-8H2,1-2H3/b13-9+. The predicted molar refractivity (Wildman–Crippen MR) is 110 cm³/mol. The molecule has 5 nitrogen and oxygen atoms in total. The molecule has 0 saturated heterocycles. The van der Waals surface area contributed by atoms with Crippen molar-refractivity contribution in [2.45, 2.75) is 39.8 Å². The van der Waals surface area contributed by atoms with Gasteiger partial charge in [-0.15, -0.1) is 11.3 Å². The van der Waals surface area contributed by atoms with Gasteiger partial charge in [-0.1, -0.05) is 13.0 Å². The maximum Gasteiger partial charge on any atom is 0.387 e. The van der Waals surface area contributed by atoms with Crippen LogP contribution < -0.4 is 15.0 Å². The highest BCUT2D eigenvalue weighted by molar-refractivity contribution is 7.18. The zero-order chi connectivity index (χ0) is 20.5. The van der Waals surface area contributed by atoms with E-state index in [0.29, 0.717) is 30.8 Å². The largest absolute Gasteiger partial charge is 0.490 e. The molecule has 0 bridgehead atoms. The fraction of sp³-hybridized carbons (Fsp3) is 0.333. The van der Waals surface area contributed by atoms with Crippen molar-refractivity contribution >= 4 is 33.2 Å². The molecule has 1 aromatic carbocycles. The summed E-state index contributed by atoms with van der Waals surface area (Å²) in [7, 11) is 0. The van der Waals surface area contributed by atoms with Crippen LogP contribution in [0, 0.1) is 0 Å². The van der Waals surface area contributed by atoms with E-state index in [1.54, 1.807) is 35.0 Å². The van der Waals surface area contributed by atoms with E-state index in [0.717, 1.165) is 27.3 Å². The number of hydrogen-bond donors (Lipinski definition) is 0. The minimum atomic E-state index is -2.92. The monoisotopic (exact) mass is 418 g/mol. The van der Waals surface area contributed by atoms with Crippen molar-refractivity contribution in [1.82, 2.24) is 9.55 Å². The van der Waals surface area contributed by atoms with Gasteiger partial charge in [-0.2, -0.15) is 8.78 Å². The number of thiophene rings is 1. The fourth-order valence-electron chi connectivity index (χ4n) is 3.45. The Kier molecular flexibility index (Phi) is 5.36. The molecular weight excluding hydrogens is 398 g/mol. The summed E-state index contributed by atoms with van der Waals surface area (Å²) in [6, 6.07) is 6.75. The summed E-state index contributed by atoms with van der Waals surface area (Å²) in [4.78, 5) is 19.5. The van der Waals surface area contributed by atoms with Crippen LogP contribution in [0.3, 0.4) is 0 Å². The van der Waals surface area contributed by atoms with Crippen LogP contribution in [0.1, 0.15) is 36.5 Å². The minimum absolute atomic E-state index is 0.00226. The zero-order valence-corrected chi connectivity index (χ0v) is 16.9. The minimum Gasteiger partial charge on any atom is -0.490 e. The van der Waals surface area contributed by atoms with Crippen molar-refractivity contribution in [2.75, 3.05) is 6.61 Å². The summed E-state index contributed by atoms with van der Waals surface area (Å²) >= 11 is 1.54. The van der Waals surface area contributed by atoms with Crippen molar-refractivity contribution in [3.63, 3.8) is 0 Å². The summed E-state index contributed by atoms with van der Waals surface area (Å²) in [5.41, 5.74) is 1.69. The average molecular weight is 418 g/mol. The molecule has 1 aliphatic rings. The van der Waals surface area contributed by atoms with Gasteiger partial charge in [-0.05, 0) is 55.2 Å². The Labute approximate surface area is 170 Å². The fourth-order valence-corrected chi connectivity index (χ4v) is 4.41. The van der Waals surface area contributed by atoms with Gasteiger partial charge < -0.3 is 9.47 Å². The second-order valence-corrected chi connectivity index (χ2v) is 7.73. The van der Waals surface area contributed by atoms with Crippen LogP contribution in [0.15, 0.2) is 29.1 Å². The smallest absolute Gasteiger partial charge is 0.387 e. The van der Waals surface area contributed by atoms with Gasteiger partial charge in [-0.25, -0.2) is 4.98 Å². The number of ether oxygens (including phenoxy) is 2. The Morgan fingerprint density at radius 3 is 2.83 bits per heavy atom. The Morgan fingerprint density at radius 1 is 1.28 bits per heavy atom. The van der Waals surface area contributed by atoms with Crippen LogP contribution in [0.25, 0.3) is 21.9 Å². The lowest BCUT2D eigenvalue weighted by Gasteiger charge is -2.12. The molecule has 0 unspecified atom stereocenters. The molecule has 0 radical (unpaired) electrons. The molecule has 3 aromatic rings. The van der Waals surface area contributed by atoms with Crippen molar-refractivity contribution in [1.29, 1.82) is 0 Å². The Morgan fingerprint density at radius 2 is 2.10 bits per heavy atom. The van der Waals surface area contributed by atoms with Gasteiger partial charge in [0, 0.05) is 11.4 Å². The molecule has 1 aliphatic heterocycles. The van der Waals surface area contributed by atoms with Crippen molar-refractivity contribution in [2.24, 2.45) is 0 Å². The number of fused-ring (bicyclic) bond motifs is 2. The lowest BCUT2D eigenvalue weighted by Crippen LogP contribution is -2.19. The molecule has 0 saturated carbocycles. The summed E-state index contributed by atoms with van der Waals surface area (Å²) in [5, 5.41) is 0.670. The van der Waals surface area contributed by atoms with Crippen molar-refractivity contribution in [3.05, 3.63) is 50.9 Å². The van der Waals surface area contributed by atoms with E-state index in [9.17, 15) is 13.6 Å².